The van der Waals surface area contributed by atoms with Crippen LogP contribution in [0.25, 0.3) is 0 Å². The molecule has 0 aliphatic carbocycles. The van der Waals surface area contributed by atoms with Gasteiger partial charge >= 0.3 is 0 Å². The number of rotatable bonds is 2. The number of ether oxygens (including phenoxy) is 1. The summed E-state index contributed by atoms with van der Waals surface area (Å²) in [4.78, 5) is 0. The second-order valence-electron chi connectivity index (χ2n) is 2.57. The average Bonchev–Trinajstić information content (AvgIpc) is 2.19. The van der Waals surface area contributed by atoms with Crippen molar-refractivity contribution in [2.45, 2.75) is 6.42 Å². The molecule has 2 N–H and O–H groups in total. The fourth-order valence-corrected chi connectivity index (χ4v) is 0.938. The normalized spacial score (nSPS) is 8.77. The number of hydrogen-bond acceptors (Lipinski definition) is 2. The van der Waals surface area contributed by atoms with E-state index in [0.29, 0.717) is 6.54 Å². The van der Waals surface area contributed by atoms with E-state index in [1.807, 2.05) is 24.3 Å². The second kappa shape index (κ2) is 5.23. The summed E-state index contributed by atoms with van der Waals surface area (Å²) < 4.78 is 5.07. The summed E-state index contributed by atoms with van der Waals surface area (Å²) in [6.07, 6.45) is 0.733. The number of nitrogens with two attached hydrogens (primary N) is 1. The van der Waals surface area contributed by atoms with Crippen LogP contribution >= 0.6 is 0 Å². The Labute approximate surface area is 78.7 Å². The molecular formula is C11H13NO. The van der Waals surface area contributed by atoms with Crippen molar-refractivity contribution in [1.82, 2.24) is 0 Å². The average molecular weight is 175 g/mol. The molecule has 0 heterocycles. The van der Waals surface area contributed by atoms with Crippen molar-refractivity contribution >= 4 is 0 Å². The largest absolute Gasteiger partial charge is 0.497 e. The van der Waals surface area contributed by atoms with Crippen molar-refractivity contribution in [3.63, 3.8) is 0 Å². The second-order valence-corrected chi connectivity index (χ2v) is 2.57. The quantitative estimate of drug-likeness (QED) is 0.689. The Kier molecular flexibility index (Phi) is 3.87. The molecule has 0 fully saturated rings. The summed E-state index contributed by atoms with van der Waals surface area (Å²) in [7, 11) is 1.65. The van der Waals surface area contributed by atoms with Gasteiger partial charge in [-0.3, -0.25) is 0 Å². The lowest BCUT2D eigenvalue weighted by atomic mass is 10.2. The van der Waals surface area contributed by atoms with Gasteiger partial charge in [0.2, 0.25) is 0 Å². The molecule has 0 saturated heterocycles. The predicted molar refractivity (Wildman–Crippen MR) is 53.5 cm³/mol. The lowest BCUT2D eigenvalue weighted by Crippen LogP contribution is -1.95. The van der Waals surface area contributed by atoms with Gasteiger partial charge in [-0.1, -0.05) is 17.9 Å². The Balaban J connectivity index is 2.73. The van der Waals surface area contributed by atoms with Crippen LogP contribution in [0.3, 0.4) is 0 Å². The van der Waals surface area contributed by atoms with Crippen molar-refractivity contribution in [1.29, 1.82) is 0 Å². The summed E-state index contributed by atoms with van der Waals surface area (Å²) in [5.41, 5.74) is 6.29. The van der Waals surface area contributed by atoms with Gasteiger partial charge in [0.25, 0.3) is 0 Å². The molecule has 2 nitrogen and oxygen atoms in total. The predicted octanol–water partition coefficient (Wildman–Crippen LogP) is 1.40. The first-order chi connectivity index (χ1) is 6.36. The van der Waals surface area contributed by atoms with Gasteiger partial charge in [-0.05, 0) is 18.2 Å². The van der Waals surface area contributed by atoms with Gasteiger partial charge in [0.15, 0.2) is 0 Å². The van der Waals surface area contributed by atoms with Crippen LogP contribution in [-0.4, -0.2) is 13.7 Å². The molecule has 0 spiro atoms. The Morgan fingerprint density at radius 2 is 2.31 bits per heavy atom. The molecule has 0 aliphatic rings. The molecule has 0 unspecified atom stereocenters. The first-order valence-electron chi connectivity index (χ1n) is 4.20. The highest BCUT2D eigenvalue weighted by atomic mass is 16.5. The van der Waals surface area contributed by atoms with Gasteiger partial charge in [0, 0.05) is 18.5 Å². The smallest absolute Gasteiger partial charge is 0.120 e. The van der Waals surface area contributed by atoms with E-state index in [1.165, 1.54) is 0 Å². The highest BCUT2D eigenvalue weighted by molar-refractivity contribution is 5.39. The summed E-state index contributed by atoms with van der Waals surface area (Å²) in [6.45, 7) is 0.608. The fraction of sp³-hybridized carbons (Fsp3) is 0.273. The third kappa shape index (κ3) is 3.18. The Bertz CT molecular complexity index is 322. The van der Waals surface area contributed by atoms with Gasteiger partial charge in [0.05, 0.1) is 7.11 Å². The van der Waals surface area contributed by atoms with Crippen molar-refractivity contribution in [2.24, 2.45) is 5.73 Å². The maximum atomic E-state index is 5.32. The molecule has 1 aromatic carbocycles. The van der Waals surface area contributed by atoms with Gasteiger partial charge in [-0.2, -0.15) is 0 Å². The van der Waals surface area contributed by atoms with Gasteiger partial charge in [-0.25, -0.2) is 0 Å². The van der Waals surface area contributed by atoms with E-state index in [1.54, 1.807) is 7.11 Å². The molecule has 0 atom stereocenters. The van der Waals surface area contributed by atoms with Crippen molar-refractivity contribution in [3.8, 4) is 17.6 Å². The number of benzene rings is 1. The number of methoxy groups -OCH3 is 1. The molecule has 0 amide bonds. The Morgan fingerprint density at radius 3 is 3.00 bits per heavy atom. The molecule has 2 heteroatoms. The molecule has 1 rings (SSSR count). The monoisotopic (exact) mass is 175 g/mol. The van der Waals surface area contributed by atoms with E-state index in [2.05, 4.69) is 11.8 Å². The van der Waals surface area contributed by atoms with E-state index in [9.17, 15) is 0 Å². The third-order valence-electron chi connectivity index (χ3n) is 1.57. The lowest BCUT2D eigenvalue weighted by Gasteiger charge is -1.97. The zero-order valence-corrected chi connectivity index (χ0v) is 7.71. The molecule has 13 heavy (non-hydrogen) atoms. The maximum Gasteiger partial charge on any atom is 0.120 e. The highest BCUT2D eigenvalue weighted by Crippen LogP contribution is 2.11. The molecule has 0 radical (unpaired) electrons. The molecular weight excluding hydrogens is 162 g/mol. The zero-order chi connectivity index (χ0) is 9.52. The minimum atomic E-state index is 0.608. The van der Waals surface area contributed by atoms with Crippen LogP contribution in [0.1, 0.15) is 12.0 Å². The summed E-state index contributed by atoms with van der Waals surface area (Å²) in [5.74, 6) is 6.82. The van der Waals surface area contributed by atoms with E-state index >= 15 is 0 Å². The maximum absolute atomic E-state index is 5.32. The minimum absolute atomic E-state index is 0.608. The van der Waals surface area contributed by atoms with Crippen molar-refractivity contribution < 1.29 is 4.74 Å². The number of hydrogen-bond donors (Lipinski definition) is 1. The summed E-state index contributed by atoms with van der Waals surface area (Å²) in [5, 5.41) is 0. The van der Waals surface area contributed by atoms with Gasteiger partial charge in [0.1, 0.15) is 5.75 Å². The molecule has 0 bridgehead atoms. The van der Waals surface area contributed by atoms with E-state index in [0.717, 1.165) is 17.7 Å². The van der Waals surface area contributed by atoms with E-state index in [4.69, 9.17) is 10.5 Å². The molecule has 68 valence electrons. The molecule has 1 aromatic rings. The van der Waals surface area contributed by atoms with Crippen LogP contribution in [0.4, 0.5) is 0 Å². The third-order valence-corrected chi connectivity index (χ3v) is 1.57. The highest BCUT2D eigenvalue weighted by Gasteiger charge is 1.90. The fourth-order valence-electron chi connectivity index (χ4n) is 0.938. The first kappa shape index (κ1) is 9.63. The Morgan fingerprint density at radius 1 is 1.46 bits per heavy atom. The van der Waals surface area contributed by atoms with Crippen LogP contribution in [0.2, 0.25) is 0 Å². The van der Waals surface area contributed by atoms with E-state index in [-0.39, 0.29) is 0 Å². The SMILES string of the molecule is COc1cccc(C#CCCN)c1. The first-order valence-corrected chi connectivity index (χ1v) is 4.20. The molecule has 0 aromatic heterocycles. The van der Waals surface area contributed by atoms with Gasteiger partial charge in [-0.15, -0.1) is 0 Å². The van der Waals surface area contributed by atoms with Crippen molar-refractivity contribution in [2.75, 3.05) is 13.7 Å². The van der Waals surface area contributed by atoms with Crippen LogP contribution in [0, 0.1) is 11.8 Å². The van der Waals surface area contributed by atoms with Gasteiger partial charge < -0.3 is 10.5 Å². The zero-order valence-electron chi connectivity index (χ0n) is 7.71. The molecule has 0 aliphatic heterocycles. The lowest BCUT2D eigenvalue weighted by molar-refractivity contribution is 0.414. The Hall–Kier alpha value is -1.46. The van der Waals surface area contributed by atoms with Crippen LogP contribution in [0.5, 0.6) is 5.75 Å². The standard InChI is InChI=1S/C11H13NO/c1-13-11-7-4-6-10(9-11)5-2-3-8-12/h4,6-7,9H,3,8,12H2,1H3. The van der Waals surface area contributed by atoms with E-state index < -0.39 is 0 Å². The molecule has 0 saturated carbocycles. The van der Waals surface area contributed by atoms with Crippen LogP contribution < -0.4 is 10.5 Å². The summed E-state index contributed by atoms with van der Waals surface area (Å²) >= 11 is 0. The van der Waals surface area contributed by atoms with Crippen LogP contribution in [-0.2, 0) is 0 Å². The summed E-state index contributed by atoms with van der Waals surface area (Å²) in [6, 6.07) is 7.68. The minimum Gasteiger partial charge on any atom is -0.497 e. The van der Waals surface area contributed by atoms with Crippen molar-refractivity contribution in [3.05, 3.63) is 29.8 Å². The van der Waals surface area contributed by atoms with Crippen LogP contribution in [0.15, 0.2) is 24.3 Å². The topological polar surface area (TPSA) is 35.2 Å².